The number of allylic oxidation sites excluding steroid dienone is 3. The van der Waals surface area contributed by atoms with Gasteiger partial charge in [-0.2, -0.15) is 0 Å². The third-order valence-electron chi connectivity index (χ3n) is 17.5. The van der Waals surface area contributed by atoms with Crippen molar-refractivity contribution in [3.05, 3.63) is 24.3 Å². The number of ether oxygens (including phenoxy) is 1. The molecule has 0 spiro atoms. The predicted molar refractivity (Wildman–Crippen MR) is 356 cm³/mol. The van der Waals surface area contributed by atoms with Crippen LogP contribution in [0.2, 0.25) is 0 Å². The van der Waals surface area contributed by atoms with Gasteiger partial charge in [0.05, 0.1) is 25.4 Å². The van der Waals surface area contributed by atoms with Crippen LogP contribution in [0.3, 0.4) is 0 Å². The number of nitrogens with one attached hydrogen (secondary N) is 1. The summed E-state index contributed by atoms with van der Waals surface area (Å²) in [5.41, 5.74) is 0. The van der Waals surface area contributed by atoms with Gasteiger partial charge in [0.25, 0.3) is 0 Å². The van der Waals surface area contributed by atoms with Crippen LogP contribution in [0.1, 0.15) is 418 Å². The predicted octanol–water partition coefficient (Wildman–Crippen LogP) is 24.1. The Hall–Kier alpha value is -1.66. The van der Waals surface area contributed by atoms with Gasteiger partial charge in [-0.05, 0) is 57.8 Å². The fraction of sp³-hybridized carbons (Fsp3) is 0.920. The van der Waals surface area contributed by atoms with Crippen molar-refractivity contribution < 1.29 is 24.5 Å². The number of aliphatic hydroxyl groups excluding tert-OH is 2. The second-order valence-corrected chi connectivity index (χ2v) is 25.6. The first-order valence-electron chi connectivity index (χ1n) is 37.1. The molecule has 6 heteroatoms. The molecule has 0 aromatic heterocycles. The summed E-state index contributed by atoms with van der Waals surface area (Å²) < 4.78 is 5.51. The number of amides is 1. The molecule has 2 atom stereocenters. The van der Waals surface area contributed by atoms with E-state index in [1.165, 1.54) is 353 Å². The minimum atomic E-state index is -0.841. The van der Waals surface area contributed by atoms with Gasteiger partial charge in [0.15, 0.2) is 0 Å². The van der Waals surface area contributed by atoms with Gasteiger partial charge in [-0.25, -0.2) is 0 Å². The van der Waals surface area contributed by atoms with Crippen molar-refractivity contribution in [2.24, 2.45) is 0 Å². The van der Waals surface area contributed by atoms with Crippen LogP contribution in [-0.2, 0) is 14.3 Å². The summed E-state index contributed by atoms with van der Waals surface area (Å²) in [5.74, 6) is -0.0394. The van der Waals surface area contributed by atoms with Crippen molar-refractivity contribution in [3.8, 4) is 0 Å². The number of aliphatic hydroxyl groups is 2. The van der Waals surface area contributed by atoms with E-state index < -0.39 is 12.1 Å². The molecule has 0 saturated heterocycles. The van der Waals surface area contributed by atoms with Crippen LogP contribution in [-0.4, -0.2) is 47.4 Å². The quantitative estimate of drug-likeness (QED) is 0.0320. The maximum atomic E-state index is 12.5. The van der Waals surface area contributed by atoms with E-state index in [1.807, 2.05) is 6.08 Å². The van der Waals surface area contributed by atoms with E-state index in [0.29, 0.717) is 19.4 Å². The highest BCUT2D eigenvalue weighted by Gasteiger charge is 2.18. The Morgan fingerprint density at radius 3 is 0.877 bits per heavy atom. The molecule has 3 N–H and O–H groups in total. The molecule has 0 aromatic carbocycles. The average Bonchev–Trinajstić information content (AvgIpc) is 3.47. The van der Waals surface area contributed by atoms with E-state index in [-0.39, 0.29) is 18.5 Å². The molecule has 81 heavy (non-hydrogen) atoms. The minimum Gasteiger partial charge on any atom is -0.466 e. The molecule has 1 amide bonds. The Bertz CT molecular complexity index is 1270. The highest BCUT2D eigenvalue weighted by atomic mass is 16.5. The number of carbonyl (C=O) groups excluding carboxylic acids is 2. The highest BCUT2D eigenvalue weighted by molar-refractivity contribution is 5.76. The third-order valence-corrected chi connectivity index (χ3v) is 17.5. The Balaban J connectivity index is 3.34. The third kappa shape index (κ3) is 67.3. The normalized spacial score (nSPS) is 12.6. The number of esters is 1. The Kier molecular flexibility index (Phi) is 69.4. The van der Waals surface area contributed by atoms with E-state index >= 15 is 0 Å². The lowest BCUT2D eigenvalue weighted by atomic mass is 10.0. The van der Waals surface area contributed by atoms with Gasteiger partial charge in [-0.15, -0.1) is 0 Å². The first-order valence-corrected chi connectivity index (χ1v) is 37.1. The molecule has 0 aliphatic rings. The first kappa shape index (κ1) is 79.3. The zero-order valence-electron chi connectivity index (χ0n) is 55.0. The Morgan fingerprint density at radius 1 is 0.333 bits per heavy atom. The first-order chi connectivity index (χ1) is 40.0. The number of hydrogen-bond donors (Lipinski definition) is 3. The van der Waals surface area contributed by atoms with E-state index in [1.54, 1.807) is 6.08 Å². The molecule has 0 aliphatic carbocycles. The highest BCUT2D eigenvalue weighted by Crippen LogP contribution is 2.19. The summed E-state index contributed by atoms with van der Waals surface area (Å²) in [4.78, 5) is 24.6. The minimum absolute atomic E-state index is 0.0232. The summed E-state index contributed by atoms with van der Waals surface area (Å²) in [6.45, 7) is 4.94. The molecule has 0 fully saturated rings. The molecule has 480 valence electrons. The molecule has 0 aliphatic heterocycles. The molecule has 2 unspecified atom stereocenters. The lowest BCUT2D eigenvalue weighted by molar-refractivity contribution is -0.143. The standard InChI is InChI=1S/C75H145NO5/c1-3-5-7-9-11-13-15-17-19-37-41-45-49-53-57-61-65-69-75(80)81-70-66-62-58-54-50-46-42-39-36-34-32-30-28-26-24-22-20-21-23-25-27-29-31-33-35-38-40-44-48-52-56-60-64-68-74(79)76-72(71-77)73(78)67-63-59-55-51-47-43-18-16-14-12-10-8-6-4-2/h24,26,63,67,72-73,77-78H,3-23,25,27-62,64-66,68-71H2,1-2H3,(H,76,79)/b26-24-,67-63+. The van der Waals surface area contributed by atoms with Crippen LogP contribution in [0.15, 0.2) is 24.3 Å². The van der Waals surface area contributed by atoms with Gasteiger partial charge in [-0.3, -0.25) is 9.59 Å². The van der Waals surface area contributed by atoms with Crippen LogP contribution >= 0.6 is 0 Å². The van der Waals surface area contributed by atoms with Gasteiger partial charge >= 0.3 is 5.97 Å². The molecule has 6 nitrogen and oxygen atoms in total. The molecule has 0 aromatic rings. The zero-order valence-corrected chi connectivity index (χ0v) is 55.0. The molecular formula is C75H145NO5. The number of hydrogen-bond acceptors (Lipinski definition) is 5. The largest absolute Gasteiger partial charge is 0.466 e. The van der Waals surface area contributed by atoms with E-state index in [2.05, 4.69) is 31.3 Å². The molecule has 0 heterocycles. The molecule has 0 radical (unpaired) electrons. The Morgan fingerprint density at radius 2 is 0.580 bits per heavy atom. The van der Waals surface area contributed by atoms with Gasteiger partial charge in [0, 0.05) is 12.8 Å². The lowest BCUT2D eigenvalue weighted by Gasteiger charge is -2.20. The van der Waals surface area contributed by atoms with Crippen molar-refractivity contribution in [2.45, 2.75) is 431 Å². The molecule has 0 bridgehead atoms. The van der Waals surface area contributed by atoms with Gasteiger partial charge in [0.1, 0.15) is 0 Å². The zero-order chi connectivity index (χ0) is 58.5. The maximum absolute atomic E-state index is 12.5. The molecular weight excluding hydrogens is 995 g/mol. The summed E-state index contributed by atoms with van der Waals surface area (Å²) in [7, 11) is 0. The smallest absolute Gasteiger partial charge is 0.305 e. The van der Waals surface area contributed by atoms with Crippen molar-refractivity contribution in [2.75, 3.05) is 13.2 Å². The average molecular weight is 1140 g/mol. The van der Waals surface area contributed by atoms with Crippen LogP contribution in [0.4, 0.5) is 0 Å². The van der Waals surface area contributed by atoms with Crippen LogP contribution in [0.25, 0.3) is 0 Å². The van der Waals surface area contributed by atoms with Crippen molar-refractivity contribution in [3.63, 3.8) is 0 Å². The fourth-order valence-corrected chi connectivity index (χ4v) is 11.8. The van der Waals surface area contributed by atoms with Gasteiger partial charge in [-0.1, -0.05) is 372 Å². The van der Waals surface area contributed by atoms with Gasteiger partial charge in [0.2, 0.25) is 5.91 Å². The van der Waals surface area contributed by atoms with E-state index in [9.17, 15) is 19.8 Å². The second-order valence-electron chi connectivity index (χ2n) is 25.6. The molecule has 0 saturated carbocycles. The van der Waals surface area contributed by atoms with Crippen LogP contribution in [0.5, 0.6) is 0 Å². The molecule has 0 rings (SSSR count). The maximum Gasteiger partial charge on any atom is 0.305 e. The lowest BCUT2D eigenvalue weighted by Crippen LogP contribution is -2.45. The van der Waals surface area contributed by atoms with Crippen LogP contribution < -0.4 is 5.32 Å². The van der Waals surface area contributed by atoms with Crippen molar-refractivity contribution in [1.82, 2.24) is 5.32 Å². The summed E-state index contributed by atoms with van der Waals surface area (Å²) in [5, 5.41) is 23.2. The van der Waals surface area contributed by atoms with Crippen molar-refractivity contribution >= 4 is 11.9 Å². The van der Waals surface area contributed by atoms with Crippen molar-refractivity contribution in [1.29, 1.82) is 0 Å². The van der Waals surface area contributed by atoms with E-state index in [4.69, 9.17) is 4.74 Å². The second kappa shape index (κ2) is 70.8. The fourth-order valence-electron chi connectivity index (χ4n) is 11.8. The monoisotopic (exact) mass is 1140 g/mol. The summed E-state index contributed by atoms with van der Waals surface area (Å²) in [6.07, 6.45) is 90.0. The topological polar surface area (TPSA) is 95.9 Å². The number of rotatable bonds is 70. The Labute approximate surface area is 507 Å². The number of carbonyl (C=O) groups is 2. The number of unbranched alkanes of at least 4 members (excludes halogenated alkanes) is 57. The summed E-state index contributed by atoms with van der Waals surface area (Å²) in [6, 6.07) is -0.625. The summed E-state index contributed by atoms with van der Waals surface area (Å²) >= 11 is 0. The SMILES string of the molecule is CCCCCCCCCCCCCC/C=C/C(O)C(CO)NC(=O)CCCCCCCCCCCCCCCCCCC/C=C\CCCCCCCCCCCCCCOC(=O)CCCCCCCCCCCCCCCCCCC. The van der Waals surface area contributed by atoms with Gasteiger partial charge < -0.3 is 20.3 Å². The van der Waals surface area contributed by atoms with Crippen LogP contribution in [0, 0.1) is 0 Å². The van der Waals surface area contributed by atoms with E-state index in [0.717, 1.165) is 38.5 Å².